The van der Waals surface area contributed by atoms with Crippen molar-refractivity contribution in [2.24, 2.45) is 0 Å². The second-order valence-corrected chi connectivity index (χ2v) is 4.34. The van der Waals surface area contributed by atoms with E-state index in [1.807, 2.05) is 13.0 Å². The molecule has 102 valence electrons. The average Bonchev–Trinajstić information content (AvgIpc) is 2.49. The third-order valence-electron chi connectivity index (χ3n) is 2.94. The number of ether oxygens (including phenoxy) is 1. The number of methoxy groups -OCH3 is 1. The van der Waals surface area contributed by atoms with Gasteiger partial charge in [-0.1, -0.05) is 24.3 Å². The van der Waals surface area contributed by atoms with Crippen LogP contribution in [0.3, 0.4) is 0 Å². The van der Waals surface area contributed by atoms with Crippen molar-refractivity contribution in [2.75, 3.05) is 12.4 Å². The molecule has 2 rings (SSSR count). The summed E-state index contributed by atoms with van der Waals surface area (Å²) in [5, 5.41) is 2.76. The Morgan fingerprint density at radius 3 is 2.40 bits per heavy atom. The van der Waals surface area contributed by atoms with Crippen molar-refractivity contribution in [2.45, 2.75) is 6.92 Å². The van der Waals surface area contributed by atoms with Crippen LogP contribution in [-0.4, -0.2) is 19.0 Å². The number of carbonyl (C=O) groups is 2. The molecular formula is C16H15NO3. The molecule has 4 heteroatoms. The zero-order chi connectivity index (χ0) is 14.5. The first kappa shape index (κ1) is 13.8. The van der Waals surface area contributed by atoms with Crippen LogP contribution < -0.4 is 5.32 Å². The highest BCUT2D eigenvalue weighted by Gasteiger charge is 2.11. The predicted octanol–water partition coefficient (Wildman–Crippen LogP) is 3.03. The Balaban J connectivity index is 2.22. The van der Waals surface area contributed by atoms with E-state index in [2.05, 4.69) is 5.32 Å². The fourth-order valence-corrected chi connectivity index (χ4v) is 1.82. The lowest BCUT2D eigenvalue weighted by Gasteiger charge is -2.09. The van der Waals surface area contributed by atoms with Crippen LogP contribution in [0.5, 0.6) is 0 Å². The average molecular weight is 269 g/mol. The summed E-state index contributed by atoms with van der Waals surface area (Å²) >= 11 is 0. The molecule has 0 heterocycles. The standard InChI is InChI=1S/C16H15NO3/c1-11-8-9-13(10-14(11)16(19)20-2)17-15(18)12-6-4-3-5-7-12/h3-10H,1-2H3,(H,17,18). The van der Waals surface area contributed by atoms with E-state index in [4.69, 9.17) is 4.74 Å². The Kier molecular flexibility index (Phi) is 4.15. The number of hydrogen-bond donors (Lipinski definition) is 1. The Bertz CT molecular complexity index is 635. The number of anilines is 1. The van der Waals surface area contributed by atoms with Gasteiger partial charge in [0, 0.05) is 11.3 Å². The van der Waals surface area contributed by atoms with Crippen molar-refractivity contribution in [1.82, 2.24) is 0 Å². The van der Waals surface area contributed by atoms with Gasteiger partial charge in [-0.05, 0) is 36.8 Å². The quantitative estimate of drug-likeness (QED) is 0.871. The van der Waals surface area contributed by atoms with Crippen molar-refractivity contribution in [1.29, 1.82) is 0 Å². The van der Waals surface area contributed by atoms with Gasteiger partial charge in [0.25, 0.3) is 5.91 Å². The van der Waals surface area contributed by atoms with Gasteiger partial charge < -0.3 is 10.1 Å². The van der Waals surface area contributed by atoms with Gasteiger partial charge >= 0.3 is 5.97 Å². The van der Waals surface area contributed by atoms with E-state index in [0.29, 0.717) is 16.8 Å². The molecule has 0 aliphatic rings. The molecule has 0 atom stereocenters. The summed E-state index contributed by atoms with van der Waals surface area (Å²) < 4.78 is 4.71. The van der Waals surface area contributed by atoms with E-state index in [9.17, 15) is 9.59 Å². The molecule has 2 aromatic carbocycles. The Morgan fingerprint density at radius 2 is 1.75 bits per heavy atom. The van der Waals surface area contributed by atoms with Crippen molar-refractivity contribution >= 4 is 17.6 Å². The van der Waals surface area contributed by atoms with E-state index in [1.165, 1.54) is 7.11 Å². The molecule has 0 spiro atoms. The normalized spacial score (nSPS) is 9.90. The van der Waals surface area contributed by atoms with Crippen LogP contribution in [0, 0.1) is 6.92 Å². The number of esters is 1. The van der Waals surface area contributed by atoms with Crippen LogP contribution in [0.25, 0.3) is 0 Å². The highest BCUT2D eigenvalue weighted by atomic mass is 16.5. The molecule has 0 aliphatic carbocycles. The zero-order valence-electron chi connectivity index (χ0n) is 11.3. The molecule has 1 N–H and O–H groups in total. The summed E-state index contributed by atoms with van der Waals surface area (Å²) in [7, 11) is 1.33. The number of amides is 1. The summed E-state index contributed by atoms with van der Waals surface area (Å²) in [6, 6.07) is 14.0. The fourth-order valence-electron chi connectivity index (χ4n) is 1.82. The molecule has 0 radical (unpaired) electrons. The van der Waals surface area contributed by atoms with Gasteiger partial charge in [-0.2, -0.15) is 0 Å². The van der Waals surface area contributed by atoms with Crippen molar-refractivity contribution in [3.63, 3.8) is 0 Å². The molecular weight excluding hydrogens is 254 g/mol. The maximum atomic E-state index is 12.0. The maximum absolute atomic E-state index is 12.0. The molecule has 0 aromatic heterocycles. The molecule has 0 saturated carbocycles. The third-order valence-corrected chi connectivity index (χ3v) is 2.94. The monoisotopic (exact) mass is 269 g/mol. The largest absolute Gasteiger partial charge is 0.465 e. The second kappa shape index (κ2) is 6.02. The molecule has 0 fully saturated rings. The van der Waals surface area contributed by atoms with Gasteiger partial charge in [-0.3, -0.25) is 4.79 Å². The summed E-state index contributed by atoms with van der Waals surface area (Å²) in [5.41, 5.74) is 2.37. The predicted molar refractivity (Wildman–Crippen MR) is 76.9 cm³/mol. The summed E-state index contributed by atoms with van der Waals surface area (Å²) in [4.78, 5) is 23.6. The third kappa shape index (κ3) is 3.03. The van der Waals surface area contributed by atoms with E-state index < -0.39 is 5.97 Å². The second-order valence-electron chi connectivity index (χ2n) is 4.34. The maximum Gasteiger partial charge on any atom is 0.338 e. The number of rotatable bonds is 3. The molecule has 20 heavy (non-hydrogen) atoms. The van der Waals surface area contributed by atoms with Crippen molar-refractivity contribution in [3.05, 3.63) is 65.2 Å². The van der Waals surface area contributed by atoms with Crippen LogP contribution in [0.1, 0.15) is 26.3 Å². The first-order chi connectivity index (χ1) is 9.61. The van der Waals surface area contributed by atoms with E-state index in [1.54, 1.807) is 42.5 Å². The Hall–Kier alpha value is -2.62. The highest BCUT2D eigenvalue weighted by Crippen LogP contribution is 2.17. The fraction of sp³-hybridized carbons (Fsp3) is 0.125. The molecule has 0 unspecified atom stereocenters. The number of benzene rings is 2. The summed E-state index contributed by atoms with van der Waals surface area (Å²) in [6.07, 6.45) is 0. The molecule has 4 nitrogen and oxygen atoms in total. The van der Waals surface area contributed by atoms with Gasteiger partial charge in [0.1, 0.15) is 0 Å². The van der Waals surface area contributed by atoms with Crippen LogP contribution in [0.15, 0.2) is 48.5 Å². The molecule has 0 bridgehead atoms. The lowest BCUT2D eigenvalue weighted by molar-refractivity contribution is 0.0599. The minimum absolute atomic E-state index is 0.217. The lowest BCUT2D eigenvalue weighted by atomic mass is 10.1. The van der Waals surface area contributed by atoms with Gasteiger partial charge in [0.2, 0.25) is 0 Å². The first-order valence-electron chi connectivity index (χ1n) is 6.17. The van der Waals surface area contributed by atoms with Crippen LogP contribution in [0.4, 0.5) is 5.69 Å². The van der Waals surface area contributed by atoms with Crippen molar-refractivity contribution in [3.8, 4) is 0 Å². The molecule has 2 aromatic rings. The van der Waals surface area contributed by atoms with Crippen molar-refractivity contribution < 1.29 is 14.3 Å². The minimum atomic E-state index is -0.418. The van der Waals surface area contributed by atoms with Gasteiger partial charge in [-0.15, -0.1) is 0 Å². The SMILES string of the molecule is COC(=O)c1cc(NC(=O)c2ccccc2)ccc1C. The van der Waals surface area contributed by atoms with Crippen LogP contribution in [-0.2, 0) is 4.74 Å². The summed E-state index contributed by atoms with van der Waals surface area (Å²) in [6.45, 7) is 1.81. The van der Waals surface area contributed by atoms with E-state index >= 15 is 0 Å². The van der Waals surface area contributed by atoms with Gasteiger partial charge in [0.15, 0.2) is 0 Å². The smallest absolute Gasteiger partial charge is 0.338 e. The molecule has 0 saturated heterocycles. The van der Waals surface area contributed by atoms with Gasteiger partial charge in [0.05, 0.1) is 12.7 Å². The summed E-state index contributed by atoms with van der Waals surface area (Å²) in [5.74, 6) is -0.636. The Labute approximate surface area is 117 Å². The zero-order valence-corrected chi connectivity index (χ0v) is 11.3. The highest BCUT2D eigenvalue weighted by molar-refractivity contribution is 6.05. The molecule has 0 aliphatic heterocycles. The van der Waals surface area contributed by atoms with Crippen LogP contribution >= 0.6 is 0 Å². The van der Waals surface area contributed by atoms with Crippen LogP contribution in [0.2, 0.25) is 0 Å². The minimum Gasteiger partial charge on any atom is -0.465 e. The Morgan fingerprint density at radius 1 is 1.05 bits per heavy atom. The topological polar surface area (TPSA) is 55.4 Å². The molecule has 1 amide bonds. The first-order valence-corrected chi connectivity index (χ1v) is 6.17. The number of nitrogens with one attached hydrogen (secondary N) is 1. The van der Waals surface area contributed by atoms with Gasteiger partial charge in [-0.25, -0.2) is 4.79 Å². The lowest BCUT2D eigenvalue weighted by Crippen LogP contribution is -2.13. The number of hydrogen-bond acceptors (Lipinski definition) is 3. The number of carbonyl (C=O) groups excluding carboxylic acids is 2. The van der Waals surface area contributed by atoms with E-state index in [-0.39, 0.29) is 5.91 Å². The number of aryl methyl sites for hydroxylation is 1. The van der Waals surface area contributed by atoms with E-state index in [0.717, 1.165) is 5.56 Å².